The van der Waals surface area contributed by atoms with Gasteiger partial charge >= 0.3 is 0 Å². The molecule has 0 saturated carbocycles. The first-order chi connectivity index (χ1) is 10.1. The van der Waals surface area contributed by atoms with Crippen LogP contribution in [0.25, 0.3) is 0 Å². The van der Waals surface area contributed by atoms with Gasteiger partial charge in [-0.25, -0.2) is 0 Å². The molecule has 0 aromatic heterocycles. The zero-order chi connectivity index (χ0) is 15.7. The van der Waals surface area contributed by atoms with Crippen LogP contribution >= 0.6 is 0 Å². The molecule has 21 heavy (non-hydrogen) atoms. The predicted octanol–water partition coefficient (Wildman–Crippen LogP) is 2.70. The molecule has 1 rings (SSSR count). The molecule has 0 fully saturated rings. The number of ether oxygens (including phenoxy) is 2. The fourth-order valence-corrected chi connectivity index (χ4v) is 2.22. The van der Waals surface area contributed by atoms with E-state index in [0.717, 1.165) is 32.0 Å². The van der Waals surface area contributed by atoms with Crippen molar-refractivity contribution in [1.29, 1.82) is 0 Å². The molecule has 1 atom stereocenters. The van der Waals surface area contributed by atoms with Crippen LogP contribution in [-0.2, 0) is 4.74 Å². The normalized spacial score (nSPS) is 12.9. The summed E-state index contributed by atoms with van der Waals surface area (Å²) in [5.74, 6) is 0.896. The van der Waals surface area contributed by atoms with Gasteiger partial charge in [0.05, 0.1) is 19.8 Å². The van der Waals surface area contributed by atoms with Crippen molar-refractivity contribution in [3.63, 3.8) is 0 Å². The van der Waals surface area contributed by atoms with Crippen molar-refractivity contribution in [2.24, 2.45) is 0 Å². The largest absolute Gasteiger partial charge is 0.497 e. The highest BCUT2D eigenvalue weighted by Gasteiger charge is 2.13. The third-order valence-corrected chi connectivity index (χ3v) is 3.39. The van der Waals surface area contributed by atoms with E-state index in [0.29, 0.717) is 12.1 Å². The standard InChI is InChI=1S/C17H30N2O2/c1-6-18-17(13-19(4)11-12-21-14(2)3)15-7-9-16(20-5)10-8-15/h7-10,14,17-18H,6,11-13H2,1-5H3. The second-order valence-electron chi connectivity index (χ2n) is 5.57. The van der Waals surface area contributed by atoms with E-state index >= 15 is 0 Å². The number of hydrogen-bond donors (Lipinski definition) is 1. The van der Waals surface area contributed by atoms with Gasteiger partial charge in [-0.3, -0.25) is 0 Å². The average Bonchev–Trinajstić information content (AvgIpc) is 2.46. The van der Waals surface area contributed by atoms with Crippen LogP contribution in [0.15, 0.2) is 24.3 Å². The Balaban J connectivity index is 2.55. The van der Waals surface area contributed by atoms with Crippen LogP contribution in [0.5, 0.6) is 5.75 Å². The van der Waals surface area contributed by atoms with Gasteiger partial charge in [0, 0.05) is 19.1 Å². The molecule has 0 aliphatic heterocycles. The molecule has 0 amide bonds. The Hall–Kier alpha value is -1.10. The zero-order valence-corrected chi connectivity index (χ0v) is 14.1. The van der Waals surface area contributed by atoms with E-state index in [1.165, 1.54) is 5.56 Å². The average molecular weight is 294 g/mol. The first-order valence-corrected chi connectivity index (χ1v) is 7.74. The molecule has 0 heterocycles. The SMILES string of the molecule is CCNC(CN(C)CCOC(C)C)c1ccc(OC)cc1. The van der Waals surface area contributed by atoms with Gasteiger partial charge in [0.25, 0.3) is 0 Å². The number of methoxy groups -OCH3 is 1. The molecule has 1 N–H and O–H groups in total. The van der Waals surface area contributed by atoms with Crippen LogP contribution < -0.4 is 10.1 Å². The van der Waals surface area contributed by atoms with Crippen LogP contribution in [0.4, 0.5) is 0 Å². The highest BCUT2D eigenvalue weighted by atomic mass is 16.5. The van der Waals surface area contributed by atoms with Gasteiger partial charge in [0.1, 0.15) is 5.75 Å². The Labute approximate surface area is 129 Å². The monoisotopic (exact) mass is 294 g/mol. The number of nitrogens with zero attached hydrogens (tertiary/aromatic N) is 1. The van der Waals surface area contributed by atoms with E-state index in [-0.39, 0.29) is 0 Å². The number of rotatable bonds is 10. The summed E-state index contributed by atoms with van der Waals surface area (Å²) in [5.41, 5.74) is 1.29. The summed E-state index contributed by atoms with van der Waals surface area (Å²) in [5, 5.41) is 3.54. The number of benzene rings is 1. The summed E-state index contributed by atoms with van der Waals surface area (Å²) in [4.78, 5) is 2.31. The van der Waals surface area contributed by atoms with E-state index in [1.807, 2.05) is 12.1 Å². The maximum atomic E-state index is 5.61. The first kappa shape index (κ1) is 18.0. The summed E-state index contributed by atoms with van der Waals surface area (Å²) in [6.07, 6.45) is 0.296. The van der Waals surface area contributed by atoms with E-state index in [9.17, 15) is 0 Å². The molecule has 0 radical (unpaired) electrons. The van der Waals surface area contributed by atoms with E-state index in [1.54, 1.807) is 7.11 Å². The van der Waals surface area contributed by atoms with Gasteiger partial charge in [-0.15, -0.1) is 0 Å². The van der Waals surface area contributed by atoms with Crippen LogP contribution in [0.2, 0.25) is 0 Å². The minimum absolute atomic E-state index is 0.296. The van der Waals surface area contributed by atoms with Crippen molar-refractivity contribution in [1.82, 2.24) is 10.2 Å². The first-order valence-electron chi connectivity index (χ1n) is 7.74. The summed E-state index contributed by atoms with van der Waals surface area (Å²) in [6, 6.07) is 8.61. The molecule has 4 nitrogen and oxygen atoms in total. The van der Waals surface area contributed by atoms with Crippen LogP contribution in [0, 0.1) is 0 Å². The van der Waals surface area contributed by atoms with Crippen molar-refractivity contribution < 1.29 is 9.47 Å². The summed E-state index contributed by atoms with van der Waals surface area (Å²) in [6.45, 7) is 9.90. The molecule has 1 aromatic carbocycles. The lowest BCUT2D eigenvalue weighted by Crippen LogP contribution is -2.35. The maximum Gasteiger partial charge on any atom is 0.118 e. The summed E-state index contributed by atoms with van der Waals surface area (Å²) < 4.78 is 10.8. The second kappa shape index (κ2) is 9.77. The number of likely N-dealkylation sites (N-methyl/N-ethyl adjacent to an activating group) is 2. The highest BCUT2D eigenvalue weighted by molar-refractivity contribution is 5.29. The molecule has 4 heteroatoms. The van der Waals surface area contributed by atoms with Gasteiger partial charge in [-0.2, -0.15) is 0 Å². The Bertz CT molecular complexity index is 379. The molecular formula is C17H30N2O2. The Morgan fingerprint density at radius 1 is 1.19 bits per heavy atom. The Morgan fingerprint density at radius 3 is 2.38 bits per heavy atom. The molecule has 1 aromatic rings. The van der Waals surface area contributed by atoms with Crippen LogP contribution in [0.1, 0.15) is 32.4 Å². The zero-order valence-electron chi connectivity index (χ0n) is 14.1. The molecule has 1 unspecified atom stereocenters. The summed E-state index contributed by atoms with van der Waals surface area (Å²) >= 11 is 0. The third kappa shape index (κ3) is 6.93. The molecule has 0 saturated heterocycles. The van der Waals surface area contributed by atoms with Crippen molar-refractivity contribution in [2.45, 2.75) is 32.9 Å². The second-order valence-corrected chi connectivity index (χ2v) is 5.57. The Morgan fingerprint density at radius 2 is 1.86 bits per heavy atom. The Kier molecular flexibility index (Phi) is 8.35. The van der Waals surface area contributed by atoms with E-state index in [4.69, 9.17) is 9.47 Å². The predicted molar refractivity (Wildman–Crippen MR) is 88.0 cm³/mol. The van der Waals surface area contributed by atoms with Crippen molar-refractivity contribution in [2.75, 3.05) is 40.4 Å². The molecular weight excluding hydrogens is 264 g/mol. The smallest absolute Gasteiger partial charge is 0.118 e. The fraction of sp³-hybridized carbons (Fsp3) is 0.647. The maximum absolute atomic E-state index is 5.61. The van der Waals surface area contributed by atoms with Crippen molar-refractivity contribution >= 4 is 0 Å². The quantitative estimate of drug-likeness (QED) is 0.719. The lowest BCUT2D eigenvalue weighted by Gasteiger charge is -2.25. The fourth-order valence-electron chi connectivity index (χ4n) is 2.22. The lowest BCUT2D eigenvalue weighted by molar-refractivity contribution is 0.0623. The van der Waals surface area contributed by atoms with Crippen molar-refractivity contribution in [3.05, 3.63) is 29.8 Å². The van der Waals surface area contributed by atoms with Gasteiger partial charge in [-0.05, 0) is 45.1 Å². The molecule has 0 aliphatic rings. The molecule has 0 bridgehead atoms. The van der Waals surface area contributed by atoms with Gasteiger partial charge < -0.3 is 19.7 Å². The minimum atomic E-state index is 0.296. The number of nitrogens with one attached hydrogen (secondary N) is 1. The van der Waals surface area contributed by atoms with Crippen LogP contribution in [-0.4, -0.2) is 51.4 Å². The highest BCUT2D eigenvalue weighted by Crippen LogP contribution is 2.18. The van der Waals surface area contributed by atoms with Gasteiger partial charge in [0.2, 0.25) is 0 Å². The third-order valence-electron chi connectivity index (χ3n) is 3.39. The lowest BCUT2D eigenvalue weighted by atomic mass is 10.1. The number of hydrogen-bond acceptors (Lipinski definition) is 4. The van der Waals surface area contributed by atoms with Crippen LogP contribution in [0.3, 0.4) is 0 Å². The van der Waals surface area contributed by atoms with Crippen molar-refractivity contribution in [3.8, 4) is 5.75 Å². The summed E-state index contributed by atoms with van der Waals surface area (Å²) in [7, 11) is 3.83. The molecule has 0 spiro atoms. The van der Waals surface area contributed by atoms with E-state index < -0.39 is 0 Å². The minimum Gasteiger partial charge on any atom is -0.497 e. The van der Waals surface area contributed by atoms with Gasteiger partial charge in [-0.1, -0.05) is 19.1 Å². The van der Waals surface area contributed by atoms with E-state index in [2.05, 4.69) is 50.2 Å². The molecule has 0 aliphatic carbocycles. The van der Waals surface area contributed by atoms with Gasteiger partial charge in [0.15, 0.2) is 0 Å². The topological polar surface area (TPSA) is 33.7 Å². The molecule has 120 valence electrons.